The lowest BCUT2D eigenvalue weighted by Gasteiger charge is -2.22. The molecule has 0 saturated carbocycles. The van der Waals surface area contributed by atoms with Crippen molar-refractivity contribution in [3.05, 3.63) is 39.1 Å². The highest BCUT2D eigenvalue weighted by Gasteiger charge is 2.28. The van der Waals surface area contributed by atoms with Crippen molar-refractivity contribution in [1.82, 2.24) is 4.72 Å². The molecule has 0 aliphatic heterocycles. The van der Waals surface area contributed by atoms with Crippen molar-refractivity contribution >= 4 is 37.3 Å². The van der Waals surface area contributed by atoms with Crippen LogP contribution in [0.4, 0.5) is 0 Å². The van der Waals surface area contributed by atoms with E-state index in [4.69, 9.17) is 4.42 Å². The minimum absolute atomic E-state index is 0.191. The van der Waals surface area contributed by atoms with E-state index in [0.29, 0.717) is 4.21 Å². The number of thiophene rings is 1. The first-order valence-corrected chi connectivity index (χ1v) is 9.41. The van der Waals surface area contributed by atoms with Gasteiger partial charge in [-0.15, -0.1) is 11.3 Å². The van der Waals surface area contributed by atoms with E-state index < -0.39 is 10.0 Å². The molecule has 0 aromatic carbocycles. The van der Waals surface area contributed by atoms with Gasteiger partial charge in [0.1, 0.15) is 9.97 Å². The minimum atomic E-state index is -3.49. The van der Waals surface area contributed by atoms with Crippen LogP contribution in [0.25, 0.3) is 0 Å². The van der Waals surface area contributed by atoms with Gasteiger partial charge in [0, 0.05) is 12.0 Å². The Balaban J connectivity index is 1.88. The van der Waals surface area contributed by atoms with E-state index >= 15 is 0 Å². The van der Waals surface area contributed by atoms with Gasteiger partial charge in [-0.2, -0.15) is 0 Å². The second-order valence-corrected chi connectivity index (χ2v) is 9.20. The van der Waals surface area contributed by atoms with E-state index in [0.717, 1.165) is 39.9 Å². The van der Waals surface area contributed by atoms with Crippen molar-refractivity contribution in [1.29, 1.82) is 0 Å². The van der Waals surface area contributed by atoms with E-state index in [1.807, 2.05) is 13.0 Å². The largest absolute Gasteiger partial charge is 0.469 e. The number of aryl methyl sites for hydroxylation is 2. The average molecular weight is 376 g/mol. The molecule has 0 saturated heterocycles. The normalized spacial score (nSPS) is 19.0. The second-order valence-electron chi connectivity index (χ2n) is 4.89. The second kappa shape index (κ2) is 5.29. The van der Waals surface area contributed by atoms with Gasteiger partial charge in [0.15, 0.2) is 0 Å². The zero-order valence-corrected chi connectivity index (χ0v) is 14.1. The highest BCUT2D eigenvalue weighted by Crippen LogP contribution is 2.34. The van der Waals surface area contributed by atoms with Crippen LogP contribution in [0.15, 0.2) is 30.8 Å². The summed E-state index contributed by atoms with van der Waals surface area (Å²) in [5.41, 5.74) is 1.90. The van der Waals surface area contributed by atoms with E-state index in [9.17, 15) is 8.42 Å². The van der Waals surface area contributed by atoms with Crippen molar-refractivity contribution < 1.29 is 12.8 Å². The summed E-state index contributed by atoms with van der Waals surface area (Å²) in [4.78, 5) is 0. The first kappa shape index (κ1) is 14.3. The topological polar surface area (TPSA) is 59.3 Å². The fourth-order valence-corrected chi connectivity index (χ4v) is 5.91. The standard InChI is InChI=1S/C13H14BrNO3S2/c1-8-7-12(19-13(8)14)20(16,17)15-10-3-2-4-11-9(10)5-6-18-11/h5-7,10,15H,2-4H2,1H3. The molecule has 1 unspecified atom stereocenters. The molecule has 1 aliphatic rings. The molecule has 1 N–H and O–H groups in total. The van der Waals surface area contributed by atoms with Crippen molar-refractivity contribution in [2.45, 2.75) is 36.4 Å². The third-order valence-corrected chi connectivity index (χ3v) is 7.53. The van der Waals surface area contributed by atoms with Crippen LogP contribution in [-0.4, -0.2) is 8.42 Å². The van der Waals surface area contributed by atoms with Gasteiger partial charge in [0.2, 0.25) is 0 Å². The molecule has 1 atom stereocenters. The summed E-state index contributed by atoms with van der Waals surface area (Å²) in [6, 6.07) is 3.36. The maximum Gasteiger partial charge on any atom is 0.250 e. The Kier molecular flexibility index (Phi) is 3.79. The first-order chi connectivity index (χ1) is 9.47. The van der Waals surface area contributed by atoms with Crippen LogP contribution >= 0.6 is 27.3 Å². The Morgan fingerprint density at radius 2 is 2.30 bits per heavy atom. The molecule has 2 aromatic rings. The van der Waals surface area contributed by atoms with Gasteiger partial charge < -0.3 is 4.42 Å². The summed E-state index contributed by atoms with van der Waals surface area (Å²) in [7, 11) is -3.49. The predicted octanol–water partition coefficient (Wildman–Crippen LogP) is 3.77. The van der Waals surface area contributed by atoms with Crippen molar-refractivity contribution in [3.63, 3.8) is 0 Å². The van der Waals surface area contributed by atoms with Crippen molar-refractivity contribution in [2.24, 2.45) is 0 Å². The summed E-state index contributed by atoms with van der Waals surface area (Å²) in [5, 5.41) is 0. The summed E-state index contributed by atoms with van der Waals surface area (Å²) < 4.78 is 34.3. The van der Waals surface area contributed by atoms with Crippen molar-refractivity contribution in [2.75, 3.05) is 0 Å². The van der Waals surface area contributed by atoms with Gasteiger partial charge in [-0.25, -0.2) is 13.1 Å². The number of nitrogens with one attached hydrogen (secondary N) is 1. The van der Waals surface area contributed by atoms with Crippen LogP contribution in [0.5, 0.6) is 0 Å². The molecule has 7 heteroatoms. The van der Waals surface area contributed by atoms with Crippen molar-refractivity contribution in [3.8, 4) is 0 Å². The molecular weight excluding hydrogens is 362 g/mol. The fraction of sp³-hybridized carbons (Fsp3) is 0.385. The molecule has 1 aliphatic carbocycles. The monoisotopic (exact) mass is 375 g/mol. The zero-order valence-electron chi connectivity index (χ0n) is 10.8. The van der Waals surface area contributed by atoms with Gasteiger partial charge in [-0.05, 0) is 53.4 Å². The fourth-order valence-electron chi connectivity index (χ4n) is 2.42. The molecule has 2 aromatic heterocycles. The summed E-state index contributed by atoms with van der Waals surface area (Å²) >= 11 is 4.60. The lowest BCUT2D eigenvalue weighted by molar-refractivity contribution is 0.438. The molecule has 3 rings (SSSR count). The van der Waals surface area contributed by atoms with Crippen LogP contribution < -0.4 is 4.72 Å². The highest BCUT2D eigenvalue weighted by molar-refractivity contribution is 9.11. The highest BCUT2D eigenvalue weighted by atomic mass is 79.9. The maximum atomic E-state index is 12.4. The smallest absolute Gasteiger partial charge is 0.250 e. The lowest BCUT2D eigenvalue weighted by atomic mass is 9.94. The first-order valence-electron chi connectivity index (χ1n) is 6.32. The third-order valence-electron chi connectivity index (χ3n) is 3.45. The molecule has 4 nitrogen and oxygen atoms in total. The van der Waals surface area contributed by atoms with Gasteiger partial charge in [0.05, 0.1) is 16.1 Å². The van der Waals surface area contributed by atoms with Gasteiger partial charge in [-0.3, -0.25) is 0 Å². The number of furan rings is 1. The third kappa shape index (κ3) is 2.59. The van der Waals surface area contributed by atoms with E-state index in [1.54, 1.807) is 12.3 Å². The number of hydrogen-bond donors (Lipinski definition) is 1. The quantitative estimate of drug-likeness (QED) is 0.887. The Bertz CT molecular complexity index is 713. The van der Waals surface area contributed by atoms with Crippen LogP contribution in [-0.2, 0) is 16.4 Å². The zero-order chi connectivity index (χ0) is 14.3. The number of rotatable bonds is 3. The molecule has 0 spiro atoms. The summed E-state index contributed by atoms with van der Waals surface area (Å²) in [5.74, 6) is 0.896. The number of halogens is 1. The van der Waals surface area contributed by atoms with E-state index in [-0.39, 0.29) is 6.04 Å². The number of fused-ring (bicyclic) bond motifs is 1. The Morgan fingerprint density at radius 3 is 3.00 bits per heavy atom. The molecule has 108 valence electrons. The molecule has 0 bridgehead atoms. The molecule has 0 fully saturated rings. The van der Waals surface area contributed by atoms with Gasteiger partial charge >= 0.3 is 0 Å². The van der Waals surface area contributed by atoms with Crippen LogP contribution in [0.1, 0.15) is 35.8 Å². The minimum Gasteiger partial charge on any atom is -0.469 e. The molecule has 0 radical (unpaired) electrons. The molecule has 20 heavy (non-hydrogen) atoms. The predicted molar refractivity (Wildman–Crippen MR) is 81.5 cm³/mol. The van der Waals surface area contributed by atoms with Crippen LogP contribution in [0.2, 0.25) is 0 Å². The van der Waals surface area contributed by atoms with Gasteiger partial charge in [-0.1, -0.05) is 0 Å². The van der Waals surface area contributed by atoms with Crippen LogP contribution in [0, 0.1) is 6.92 Å². The molecule has 0 amide bonds. The SMILES string of the molecule is Cc1cc(S(=O)(=O)NC2CCCc3occc32)sc1Br. The molecule has 2 heterocycles. The lowest BCUT2D eigenvalue weighted by Crippen LogP contribution is -2.30. The van der Waals surface area contributed by atoms with E-state index in [2.05, 4.69) is 20.7 Å². The Morgan fingerprint density at radius 1 is 1.50 bits per heavy atom. The van der Waals surface area contributed by atoms with E-state index in [1.165, 1.54) is 11.3 Å². The van der Waals surface area contributed by atoms with Crippen LogP contribution in [0.3, 0.4) is 0 Å². The number of hydrogen-bond acceptors (Lipinski definition) is 4. The Hall–Kier alpha value is -0.630. The Labute approximate surface area is 130 Å². The maximum absolute atomic E-state index is 12.4. The molecular formula is C13H14BrNO3S2. The summed E-state index contributed by atoms with van der Waals surface area (Å²) in [6.07, 6.45) is 4.24. The average Bonchev–Trinajstić information content (AvgIpc) is 2.98. The van der Waals surface area contributed by atoms with Gasteiger partial charge in [0.25, 0.3) is 10.0 Å². The summed E-state index contributed by atoms with van der Waals surface area (Å²) in [6.45, 7) is 1.88. The number of sulfonamides is 1.